The number of halogens is 2. The maximum atomic E-state index is 13.8. The third kappa shape index (κ3) is 3.32. The van der Waals surface area contributed by atoms with Crippen LogP contribution < -0.4 is 10.6 Å². The molecule has 21 heavy (non-hydrogen) atoms. The first-order valence-electron chi connectivity index (χ1n) is 6.85. The van der Waals surface area contributed by atoms with Crippen LogP contribution in [0, 0.1) is 25.5 Å². The molecule has 0 saturated heterocycles. The summed E-state index contributed by atoms with van der Waals surface area (Å²) in [5.74, 6) is 0.174. The van der Waals surface area contributed by atoms with Gasteiger partial charge in [0.05, 0.1) is 6.04 Å². The predicted octanol–water partition coefficient (Wildman–Crippen LogP) is 4.17. The van der Waals surface area contributed by atoms with Gasteiger partial charge in [-0.15, -0.1) is 0 Å². The molecular formula is C15H19F2N3O. The number of pyridine rings is 1. The maximum absolute atomic E-state index is 13.8. The Morgan fingerprint density at radius 2 is 1.86 bits per heavy atom. The summed E-state index contributed by atoms with van der Waals surface area (Å²) in [4.78, 5) is 3.96. The summed E-state index contributed by atoms with van der Waals surface area (Å²) in [5.41, 5.74) is 0.919. The lowest BCUT2D eigenvalue weighted by Crippen LogP contribution is -2.12. The summed E-state index contributed by atoms with van der Waals surface area (Å²) in [7, 11) is 0. The largest absolute Gasteiger partial charge is 0.466 e. The van der Waals surface area contributed by atoms with Crippen LogP contribution in [0.15, 0.2) is 16.5 Å². The number of nitrogens with zero attached hydrogens (tertiary/aromatic N) is 1. The van der Waals surface area contributed by atoms with E-state index in [0.29, 0.717) is 6.54 Å². The molecule has 2 rings (SSSR count). The molecule has 0 aliphatic rings. The van der Waals surface area contributed by atoms with E-state index in [2.05, 4.69) is 15.6 Å². The average Bonchev–Trinajstić information content (AvgIpc) is 2.74. The third-order valence-corrected chi connectivity index (χ3v) is 3.17. The summed E-state index contributed by atoms with van der Waals surface area (Å²) in [6.45, 7) is 7.89. The Morgan fingerprint density at radius 3 is 2.43 bits per heavy atom. The third-order valence-electron chi connectivity index (χ3n) is 3.17. The minimum Gasteiger partial charge on any atom is -0.466 e. The van der Waals surface area contributed by atoms with E-state index in [-0.39, 0.29) is 17.7 Å². The molecule has 0 radical (unpaired) electrons. The van der Waals surface area contributed by atoms with Gasteiger partial charge >= 0.3 is 0 Å². The molecule has 0 amide bonds. The van der Waals surface area contributed by atoms with Crippen molar-refractivity contribution in [3.05, 3.63) is 40.9 Å². The topological polar surface area (TPSA) is 50.1 Å². The lowest BCUT2D eigenvalue weighted by atomic mass is 10.1. The second kappa shape index (κ2) is 6.11. The van der Waals surface area contributed by atoms with Gasteiger partial charge in [0.15, 0.2) is 23.3 Å². The molecule has 0 aliphatic carbocycles. The molecule has 1 unspecified atom stereocenters. The zero-order chi connectivity index (χ0) is 15.6. The van der Waals surface area contributed by atoms with Crippen molar-refractivity contribution < 1.29 is 13.2 Å². The van der Waals surface area contributed by atoms with Crippen LogP contribution in [0.25, 0.3) is 0 Å². The highest BCUT2D eigenvalue weighted by molar-refractivity contribution is 5.49. The molecule has 114 valence electrons. The van der Waals surface area contributed by atoms with E-state index in [1.54, 1.807) is 0 Å². The summed E-state index contributed by atoms with van der Waals surface area (Å²) in [6.07, 6.45) is 0. The summed E-state index contributed by atoms with van der Waals surface area (Å²) < 4.78 is 32.8. The van der Waals surface area contributed by atoms with Crippen molar-refractivity contribution in [2.45, 2.75) is 33.7 Å². The Labute approximate surface area is 122 Å². The Hall–Kier alpha value is -2.11. The Bertz CT molecular complexity index is 640. The molecule has 4 nitrogen and oxygen atoms in total. The maximum Gasteiger partial charge on any atom is 0.168 e. The van der Waals surface area contributed by atoms with Gasteiger partial charge in [-0.25, -0.2) is 13.8 Å². The van der Waals surface area contributed by atoms with Crippen molar-refractivity contribution in [3.8, 4) is 0 Å². The van der Waals surface area contributed by atoms with E-state index in [1.807, 2.05) is 33.8 Å². The number of nitrogens with one attached hydrogen (secondary N) is 2. The van der Waals surface area contributed by atoms with Gasteiger partial charge in [-0.3, -0.25) is 0 Å². The summed E-state index contributed by atoms with van der Waals surface area (Å²) in [5, 5.41) is 5.71. The molecule has 0 aliphatic heterocycles. The fourth-order valence-corrected chi connectivity index (χ4v) is 2.22. The zero-order valence-electron chi connectivity index (χ0n) is 12.6. The van der Waals surface area contributed by atoms with E-state index in [4.69, 9.17) is 4.42 Å². The average molecular weight is 295 g/mol. The van der Waals surface area contributed by atoms with Crippen LogP contribution in [-0.2, 0) is 0 Å². The highest BCUT2D eigenvalue weighted by Crippen LogP contribution is 2.26. The van der Waals surface area contributed by atoms with Gasteiger partial charge in [-0.2, -0.15) is 0 Å². The number of rotatable bonds is 5. The molecule has 2 aromatic heterocycles. The molecular weight excluding hydrogens is 276 g/mol. The normalized spacial score (nSPS) is 12.3. The summed E-state index contributed by atoms with van der Waals surface area (Å²) in [6, 6.07) is 2.51. The fourth-order valence-electron chi connectivity index (χ4n) is 2.22. The van der Waals surface area contributed by atoms with E-state index < -0.39 is 11.6 Å². The Balaban J connectivity index is 2.26. The highest BCUT2D eigenvalue weighted by Gasteiger charge is 2.17. The van der Waals surface area contributed by atoms with Gasteiger partial charge in [-0.1, -0.05) is 0 Å². The second-order valence-corrected chi connectivity index (χ2v) is 4.91. The number of aryl methyl sites for hydroxylation is 2. The Kier molecular flexibility index (Phi) is 4.45. The molecule has 2 heterocycles. The SMILES string of the molecule is CCNc1nc(NC(C)c2cc(C)oc2C)c(F)cc1F. The van der Waals surface area contributed by atoms with Crippen molar-refractivity contribution in [1.82, 2.24) is 4.98 Å². The van der Waals surface area contributed by atoms with Gasteiger partial charge in [0.25, 0.3) is 0 Å². The van der Waals surface area contributed by atoms with Crippen molar-refractivity contribution >= 4 is 11.6 Å². The van der Waals surface area contributed by atoms with Crippen LogP contribution in [0.2, 0.25) is 0 Å². The molecule has 2 N–H and O–H groups in total. The van der Waals surface area contributed by atoms with Gasteiger partial charge < -0.3 is 15.1 Å². The van der Waals surface area contributed by atoms with Crippen LogP contribution in [0.5, 0.6) is 0 Å². The van der Waals surface area contributed by atoms with Crippen LogP contribution in [-0.4, -0.2) is 11.5 Å². The molecule has 6 heteroatoms. The van der Waals surface area contributed by atoms with Crippen LogP contribution in [0.3, 0.4) is 0 Å². The first kappa shape index (κ1) is 15.3. The van der Waals surface area contributed by atoms with Gasteiger partial charge in [0.2, 0.25) is 0 Å². The second-order valence-electron chi connectivity index (χ2n) is 4.91. The van der Waals surface area contributed by atoms with Crippen LogP contribution >= 0.6 is 0 Å². The fraction of sp³-hybridized carbons (Fsp3) is 0.400. The minimum atomic E-state index is -0.723. The quantitative estimate of drug-likeness (QED) is 0.869. The van der Waals surface area contributed by atoms with E-state index in [9.17, 15) is 8.78 Å². The van der Waals surface area contributed by atoms with E-state index in [1.165, 1.54) is 0 Å². The number of aromatic nitrogens is 1. The molecule has 2 aromatic rings. The van der Waals surface area contributed by atoms with Crippen molar-refractivity contribution in [2.75, 3.05) is 17.2 Å². The molecule has 0 saturated carbocycles. The first-order chi connectivity index (χ1) is 9.92. The number of hydrogen-bond donors (Lipinski definition) is 2. The van der Waals surface area contributed by atoms with Crippen LogP contribution in [0.4, 0.5) is 20.4 Å². The monoisotopic (exact) mass is 295 g/mol. The zero-order valence-corrected chi connectivity index (χ0v) is 12.6. The van der Waals surface area contributed by atoms with Gasteiger partial charge in [0.1, 0.15) is 11.5 Å². The molecule has 0 aromatic carbocycles. The molecule has 0 bridgehead atoms. The smallest absolute Gasteiger partial charge is 0.168 e. The lowest BCUT2D eigenvalue weighted by Gasteiger charge is -2.16. The van der Waals surface area contributed by atoms with Crippen molar-refractivity contribution in [1.29, 1.82) is 0 Å². The molecule has 0 fully saturated rings. The van der Waals surface area contributed by atoms with Gasteiger partial charge in [0, 0.05) is 18.2 Å². The number of furan rings is 1. The lowest BCUT2D eigenvalue weighted by molar-refractivity contribution is 0.499. The van der Waals surface area contributed by atoms with Gasteiger partial charge in [-0.05, 0) is 33.8 Å². The van der Waals surface area contributed by atoms with E-state index >= 15 is 0 Å². The molecule has 0 spiro atoms. The van der Waals surface area contributed by atoms with Crippen molar-refractivity contribution in [3.63, 3.8) is 0 Å². The summed E-state index contributed by atoms with van der Waals surface area (Å²) >= 11 is 0. The van der Waals surface area contributed by atoms with E-state index in [0.717, 1.165) is 23.2 Å². The Morgan fingerprint density at radius 1 is 1.19 bits per heavy atom. The minimum absolute atomic E-state index is 0.0121. The standard InChI is InChI=1S/C15H19F2N3O/c1-5-18-14-12(16)7-13(17)15(20-14)19-9(3)11-6-8(2)21-10(11)4/h6-7,9H,5H2,1-4H3,(H2,18,19,20). The predicted molar refractivity (Wildman–Crippen MR) is 78.5 cm³/mol. The number of hydrogen-bond acceptors (Lipinski definition) is 4. The number of anilines is 2. The highest BCUT2D eigenvalue weighted by atomic mass is 19.1. The first-order valence-corrected chi connectivity index (χ1v) is 6.85. The van der Waals surface area contributed by atoms with Crippen LogP contribution in [0.1, 0.15) is 37.0 Å². The van der Waals surface area contributed by atoms with Crippen molar-refractivity contribution in [2.24, 2.45) is 0 Å². The molecule has 1 atom stereocenters.